The number of hydrogen-bond acceptors (Lipinski definition) is 15. The Labute approximate surface area is 310 Å². The largest absolute Gasteiger partial charge is 0.464 e. The van der Waals surface area contributed by atoms with Crippen LogP contribution in [-0.2, 0) is 52.0 Å². The summed E-state index contributed by atoms with van der Waals surface area (Å²) in [7, 11) is -3.44. The topological polar surface area (TPSA) is 245 Å². The lowest BCUT2D eigenvalue weighted by molar-refractivity contribution is -0.191. The Kier molecular flexibility index (Phi) is 17.8. The molecule has 19 heteroatoms. The molecule has 0 aliphatic heterocycles. The summed E-state index contributed by atoms with van der Waals surface area (Å²) in [5.74, 6) is -2.93. The molecule has 2 aromatic heterocycles. The van der Waals surface area contributed by atoms with Crippen LogP contribution in [0.5, 0.6) is 0 Å². The molecule has 2 heterocycles. The van der Waals surface area contributed by atoms with Gasteiger partial charge in [0.25, 0.3) is 0 Å². The number of aromatic nitrogens is 3. The van der Waals surface area contributed by atoms with Gasteiger partial charge in [0, 0.05) is 21.0 Å². The average Bonchev–Trinajstić information content (AvgIpc) is 3.56. The molecule has 53 heavy (non-hydrogen) atoms. The average molecular weight is 768 g/mol. The Morgan fingerprint density at radius 1 is 0.925 bits per heavy atom. The normalized spacial score (nSPS) is 15.2. The molecule has 0 fully saturated rings. The van der Waals surface area contributed by atoms with E-state index in [1.165, 1.54) is 30.5 Å². The maximum absolute atomic E-state index is 14.6. The summed E-state index contributed by atoms with van der Waals surface area (Å²) in [6.45, 7) is 12.1. The van der Waals surface area contributed by atoms with Gasteiger partial charge in [-0.2, -0.15) is 10.4 Å². The SMILES string of the molecule is CCC(CC)COC(=O)[C@H](C)NP(=O)(N[C@@H](C)C(=O)OCC(CC)CC)OCC(C#N)(OC)[C@@H](OC(C)=O)[C@@H](OC(C)=O)c1ccc2c(N)ncnn12. The zero-order valence-corrected chi connectivity index (χ0v) is 32.8. The van der Waals surface area contributed by atoms with Crippen molar-refractivity contribution < 1.29 is 52.0 Å². The van der Waals surface area contributed by atoms with Gasteiger partial charge in [-0.25, -0.2) is 19.7 Å². The van der Waals surface area contributed by atoms with Gasteiger partial charge in [0.05, 0.1) is 18.9 Å². The number of nitrogens with two attached hydrogens (primary N) is 1. The third kappa shape index (κ3) is 12.5. The van der Waals surface area contributed by atoms with Gasteiger partial charge in [-0.1, -0.05) is 53.4 Å². The second-order valence-electron chi connectivity index (χ2n) is 12.6. The highest BCUT2D eigenvalue weighted by atomic mass is 31.2. The summed E-state index contributed by atoms with van der Waals surface area (Å²) in [4.78, 5) is 55.0. The molecule has 0 aliphatic rings. The molecule has 0 amide bonds. The lowest BCUT2D eigenvalue weighted by atomic mass is 9.92. The zero-order chi connectivity index (χ0) is 39.9. The number of nitrogens with one attached hydrogen (secondary N) is 2. The molecule has 0 bridgehead atoms. The first-order valence-electron chi connectivity index (χ1n) is 17.6. The first-order valence-corrected chi connectivity index (χ1v) is 19.2. The summed E-state index contributed by atoms with van der Waals surface area (Å²) in [5, 5.41) is 20.0. The Bertz CT molecular complexity index is 1590. The van der Waals surface area contributed by atoms with Crippen LogP contribution in [0.15, 0.2) is 18.5 Å². The summed E-state index contributed by atoms with van der Waals surface area (Å²) < 4.78 is 49.6. The van der Waals surface area contributed by atoms with Gasteiger partial charge in [0.15, 0.2) is 18.0 Å². The number of carbonyl (C=O) groups excluding carboxylic acids is 4. The number of methoxy groups -OCH3 is 1. The first kappa shape index (κ1) is 45.0. The molecule has 0 aromatic carbocycles. The summed E-state index contributed by atoms with van der Waals surface area (Å²) >= 11 is 0. The molecule has 0 aliphatic carbocycles. The molecule has 2 rings (SSSR count). The van der Waals surface area contributed by atoms with Crippen LogP contribution in [0.25, 0.3) is 5.52 Å². The number of rotatable bonds is 23. The Morgan fingerprint density at radius 2 is 1.43 bits per heavy atom. The van der Waals surface area contributed by atoms with Gasteiger partial charge in [-0.3, -0.25) is 23.7 Å². The van der Waals surface area contributed by atoms with Crippen LogP contribution in [0.4, 0.5) is 5.82 Å². The van der Waals surface area contributed by atoms with Crippen LogP contribution in [0.2, 0.25) is 0 Å². The minimum absolute atomic E-state index is 0.0803. The molecule has 1 unspecified atom stereocenters. The van der Waals surface area contributed by atoms with Crippen molar-refractivity contribution in [3.05, 3.63) is 24.2 Å². The third-order valence-corrected chi connectivity index (χ3v) is 10.8. The molecule has 296 valence electrons. The van der Waals surface area contributed by atoms with E-state index >= 15 is 0 Å². The fourth-order valence-electron chi connectivity index (χ4n) is 5.24. The van der Waals surface area contributed by atoms with Crippen molar-refractivity contribution in [3.8, 4) is 6.07 Å². The second kappa shape index (κ2) is 20.9. The number of nitrogens with zero attached hydrogens (tertiary/aromatic N) is 4. The van der Waals surface area contributed by atoms with Crippen molar-refractivity contribution >= 4 is 42.9 Å². The number of nitriles is 1. The van der Waals surface area contributed by atoms with Crippen molar-refractivity contribution in [2.75, 3.05) is 32.7 Å². The monoisotopic (exact) mass is 767 g/mol. The fraction of sp³-hybridized carbons (Fsp3) is 0.676. The van der Waals surface area contributed by atoms with E-state index in [1.54, 1.807) is 0 Å². The number of carbonyl (C=O) groups is 4. The van der Waals surface area contributed by atoms with Gasteiger partial charge in [-0.05, 0) is 37.8 Å². The lowest BCUT2D eigenvalue weighted by Crippen LogP contribution is -2.53. The van der Waals surface area contributed by atoms with Gasteiger partial charge in [0.2, 0.25) is 5.60 Å². The molecule has 0 radical (unpaired) electrons. The second-order valence-corrected chi connectivity index (χ2v) is 14.5. The van der Waals surface area contributed by atoms with Gasteiger partial charge in [0.1, 0.15) is 36.6 Å². The Morgan fingerprint density at radius 3 is 1.87 bits per heavy atom. The summed E-state index contributed by atoms with van der Waals surface area (Å²) in [6.07, 6.45) is 0.883. The van der Waals surface area contributed by atoms with Crippen LogP contribution in [0.1, 0.15) is 92.9 Å². The highest BCUT2D eigenvalue weighted by Crippen LogP contribution is 2.43. The van der Waals surface area contributed by atoms with Crippen LogP contribution in [-0.4, -0.2) is 89.2 Å². The first-order chi connectivity index (χ1) is 25.0. The number of anilines is 1. The van der Waals surface area contributed by atoms with Gasteiger partial charge < -0.3 is 33.9 Å². The Hall–Kier alpha value is -4.14. The van der Waals surface area contributed by atoms with Crippen molar-refractivity contribution in [3.63, 3.8) is 0 Å². The molecule has 2 aromatic rings. The molecule has 0 saturated carbocycles. The molecular weight excluding hydrogens is 713 g/mol. The highest BCUT2D eigenvalue weighted by molar-refractivity contribution is 7.54. The van der Waals surface area contributed by atoms with E-state index in [-0.39, 0.29) is 36.6 Å². The number of esters is 4. The van der Waals surface area contributed by atoms with E-state index in [0.29, 0.717) is 5.52 Å². The fourth-order valence-corrected chi connectivity index (χ4v) is 7.06. The van der Waals surface area contributed by atoms with Crippen LogP contribution < -0.4 is 15.9 Å². The van der Waals surface area contributed by atoms with Crippen molar-refractivity contribution in [1.82, 2.24) is 24.8 Å². The molecule has 18 nitrogen and oxygen atoms in total. The van der Waals surface area contributed by atoms with E-state index in [4.69, 9.17) is 33.9 Å². The predicted molar refractivity (Wildman–Crippen MR) is 192 cm³/mol. The minimum atomic E-state index is -4.55. The van der Waals surface area contributed by atoms with E-state index < -0.39 is 68.0 Å². The van der Waals surface area contributed by atoms with Crippen LogP contribution >= 0.6 is 7.67 Å². The molecule has 0 saturated heterocycles. The summed E-state index contributed by atoms with van der Waals surface area (Å²) in [6, 6.07) is 2.43. The Balaban J connectivity index is 2.58. The van der Waals surface area contributed by atoms with Crippen LogP contribution in [0.3, 0.4) is 0 Å². The standard InChI is InChI=1S/C34H54N7O11P/c1-10-25(11-2)16-48-32(44)21(5)39-53(46,40-22(6)33(45)49-17-26(12-3)13-4)50-19-34(18-35,47-9)30(52-24(8)43)29(51-23(7)42)27-14-15-28-31(36)37-20-38-41(27)28/h14-15,20-22,25-26,29-30H,10-13,16-17,19H2,1-9H3,(H2,36,37,38)(H2,39,40,46)/t21-,22-,29-,30-,34?/m0/s1. The molecule has 4 N–H and O–H groups in total. The number of ether oxygens (including phenoxy) is 5. The van der Waals surface area contributed by atoms with E-state index in [0.717, 1.165) is 53.0 Å². The number of hydrogen-bond donors (Lipinski definition) is 3. The maximum Gasteiger partial charge on any atom is 0.342 e. The van der Waals surface area contributed by atoms with Crippen molar-refractivity contribution in [1.29, 1.82) is 5.26 Å². The van der Waals surface area contributed by atoms with E-state index in [9.17, 15) is 29.0 Å². The smallest absolute Gasteiger partial charge is 0.342 e. The maximum atomic E-state index is 14.6. The van der Waals surface area contributed by atoms with Gasteiger partial charge in [-0.15, -0.1) is 0 Å². The van der Waals surface area contributed by atoms with Gasteiger partial charge >= 0.3 is 31.5 Å². The summed E-state index contributed by atoms with van der Waals surface area (Å²) in [5.41, 5.74) is 4.07. The van der Waals surface area contributed by atoms with Crippen molar-refractivity contribution in [2.45, 2.75) is 111 Å². The van der Waals surface area contributed by atoms with Crippen molar-refractivity contribution in [2.24, 2.45) is 11.8 Å². The number of fused-ring (bicyclic) bond motifs is 1. The number of nitrogen functional groups attached to an aromatic ring is 1. The molecule has 5 atom stereocenters. The molecular formula is C34H54N7O11P. The predicted octanol–water partition coefficient (Wildman–Crippen LogP) is 3.80. The molecule has 0 spiro atoms. The van der Waals surface area contributed by atoms with Crippen LogP contribution in [0, 0.1) is 23.2 Å². The van der Waals surface area contributed by atoms with E-state index in [1.807, 2.05) is 33.8 Å². The zero-order valence-electron chi connectivity index (χ0n) is 32.0. The van der Waals surface area contributed by atoms with E-state index in [2.05, 4.69) is 20.3 Å². The third-order valence-electron chi connectivity index (χ3n) is 8.80. The highest BCUT2D eigenvalue weighted by Gasteiger charge is 2.52. The minimum Gasteiger partial charge on any atom is -0.464 e. The lowest BCUT2D eigenvalue weighted by Gasteiger charge is -2.37. The quantitative estimate of drug-likeness (QED) is 0.0827.